The van der Waals surface area contributed by atoms with Crippen LogP contribution >= 0.6 is 0 Å². The smallest absolute Gasteiger partial charge is 0.362 e. The molecule has 8 heteroatoms. The lowest BCUT2D eigenvalue weighted by atomic mass is 10.0. The molecule has 0 aromatic heterocycles. The predicted molar refractivity (Wildman–Crippen MR) is 243 cm³/mol. The maximum absolute atomic E-state index is 12.7. The molecule has 0 bridgehead atoms. The number of carboxylic acid groups (broad SMARTS) is 1. The lowest BCUT2D eigenvalue weighted by Crippen LogP contribution is -2.50. The number of esters is 2. The molecular weight excluding hydrogens is 727 g/mol. The van der Waals surface area contributed by atoms with Gasteiger partial charge in [-0.1, -0.05) is 193 Å². The summed E-state index contributed by atoms with van der Waals surface area (Å²) in [6.45, 7) is 4.74. The van der Waals surface area contributed by atoms with E-state index >= 15 is 0 Å². The zero-order valence-electron chi connectivity index (χ0n) is 39.0. The molecule has 342 valence electrons. The van der Waals surface area contributed by atoms with Gasteiger partial charge in [0.15, 0.2) is 12.1 Å². The Labute approximate surface area is 359 Å². The van der Waals surface area contributed by atoms with Crippen molar-refractivity contribution in [1.82, 2.24) is 0 Å². The highest BCUT2D eigenvalue weighted by Gasteiger charge is 2.31. The third-order valence-electron chi connectivity index (χ3n) is 11.4. The van der Waals surface area contributed by atoms with Gasteiger partial charge in [-0.3, -0.25) is 9.59 Å². The monoisotopic (exact) mass is 823 g/mol. The van der Waals surface area contributed by atoms with Crippen LogP contribution in [-0.2, 0) is 28.6 Å². The van der Waals surface area contributed by atoms with E-state index < -0.39 is 18.1 Å². The summed E-state index contributed by atoms with van der Waals surface area (Å²) in [6.07, 6.45) is 45.5. The first-order valence-electron chi connectivity index (χ1n) is 24.7. The average Bonchev–Trinajstić information content (AvgIpc) is 3.18. The molecule has 0 heterocycles. The number of nitrogens with zero attached hydrogens (tertiary/aromatic N) is 1. The summed E-state index contributed by atoms with van der Waals surface area (Å²) in [6, 6.07) is -0.612. The Kier molecular flexibility index (Phi) is 40.4. The first-order chi connectivity index (χ1) is 28.1. The summed E-state index contributed by atoms with van der Waals surface area (Å²) in [5.41, 5.74) is 0. The molecule has 0 amide bonds. The average molecular weight is 823 g/mol. The van der Waals surface area contributed by atoms with Crippen molar-refractivity contribution in [3.05, 3.63) is 12.2 Å². The van der Waals surface area contributed by atoms with Crippen LogP contribution in [0.5, 0.6) is 0 Å². The van der Waals surface area contributed by atoms with E-state index in [4.69, 9.17) is 14.2 Å². The molecule has 0 aliphatic carbocycles. The van der Waals surface area contributed by atoms with Crippen LogP contribution in [0.2, 0.25) is 0 Å². The number of aliphatic carboxylic acids is 1. The molecule has 2 atom stereocenters. The van der Waals surface area contributed by atoms with Crippen molar-refractivity contribution in [2.45, 2.75) is 251 Å². The van der Waals surface area contributed by atoms with Crippen LogP contribution in [0.4, 0.5) is 0 Å². The van der Waals surface area contributed by atoms with E-state index in [1.54, 1.807) is 0 Å². The van der Waals surface area contributed by atoms with Crippen LogP contribution in [0, 0.1) is 0 Å². The summed E-state index contributed by atoms with van der Waals surface area (Å²) in [5.74, 6) is -1.46. The van der Waals surface area contributed by atoms with E-state index in [1.165, 1.54) is 154 Å². The Balaban J connectivity index is 4.15. The fourth-order valence-electron chi connectivity index (χ4n) is 7.56. The van der Waals surface area contributed by atoms with Crippen molar-refractivity contribution in [3.63, 3.8) is 0 Å². The molecule has 0 rings (SSSR count). The molecule has 1 N–H and O–H groups in total. The van der Waals surface area contributed by atoms with Crippen molar-refractivity contribution >= 4 is 17.9 Å². The lowest BCUT2D eigenvalue weighted by Gasteiger charge is -2.31. The predicted octanol–water partition coefficient (Wildman–Crippen LogP) is 13.9. The minimum atomic E-state index is -0.873. The number of likely N-dealkylation sites (N-methyl/N-ethyl adjacent to an activating group) is 1. The lowest BCUT2D eigenvalue weighted by molar-refractivity contribution is -0.887. The van der Waals surface area contributed by atoms with Crippen molar-refractivity contribution in [1.29, 1.82) is 0 Å². The Bertz CT molecular complexity index is 962. The Morgan fingerprint density at radius 3 is 1.28 bits per heavy atom. The molecule has 58 heavy (non-hydrogen) atoms. The molecule has 0 saturated carbocycles. The van der Waals surface area contributed by atoms with Crippen molar-refractivity contribution in [2.75, 3.05) is 41.0 Å². The highest BCUT2D eigenvalue weighted by molar-refractivity contribution is 5.72. The van der Waals surface area contributed by atoms with E-state index in [1.807, 2.05) is 21.1 Å². The first-order valence-corrected chi connectivity index (χ1v) is 24.7. The van der Waals surface area contributed by atoms with Gasteiger partial charge in [0, 0.05) is 19.3 Å². The summed E-state index contributed by atoms with van der Waals surface area (Å²) in [4.78, 5) is 37.0. The maximum Gasteiger partial charge on any atom is 0.362 e. The number of hydrogen-bond acceptors (Lipinski definition) is 6. The number of ether oxygens (including phenoxy) is 3. The zero-order chi connectivity index (χ0) is 42.8. The van der Waals surface area contributed by atoms with Crippen molar-refractivity contribution < 1.29 is 38.2 Å². The molecule has 0 spiro atoms. The van der Waals surface area contributed by atoms with Gasteiger partial charge in [-0.2, -0.15) is 0 Å². The Hall–Kier alpha value is -1.93. The standard InChI is InChI=1S/C50H95NO7/c1-6-8-10-12-14-16-18-20-21-22-23-24-25-26-27-28-29-31-32-34-36-38-40-48(52)57-45-46(44-56-43-42-47(50(54)55)51(3,4)5)58-49(53)41-39-37-35-33-30-19-17-15-13-11-9-7-2/h15,17,46-47H,6-14,16,18-45H2,1-5H3/p+1/b17-15-. The van der Waals surface area contributed by atoms with Gasteiger partial charge in [-0.05, 0) is 38.5 Å². The van der Waals surface area contributed by atoms with Crippen LogP contribution < -0.4 is 0 Å². The Morgan fingerprint density at radius 2 is 0.862 bits per heavy atom. The highest BCUT2D eigenvalue weighted by atomic mass is 16.6. The van der Waals surface area contributed by atoms with Gasteiger partial charge in [0.2, 0.25) is 0 Å². The molecule has 8 nitrogen and oxygen atoms in total. The van der Waals surface area contributed by atoms with Crippen LogP contribution in [0.15, 0.2) is 12.2 Å². The number of carbonyl (C=O) groups excluding carboxylic acids is 2. The molecule has 0 aromatic carbocycles. The van der Waals surface area contributed by atoms with Crippen molar-refractivity contribution in [3.8, 4) is 0 Å². The largest absolute Gasteiger partial charge is 0.477 e. The van der Waals surface area contributed by atoms with Gasteiger partial charge in [-0.25, -0.2) is 4.79 Å². The van der Waals surface area contributed by atoms with Gasteiger partial charge in [0.25, 0.3) is 0 Å². The molecule has 0 radical (unpaired) electrons. The Morgan fingerprint density at radius 1 is 0.500 bits per heavy atom. The number of rotatable bonds is 45. The van der Waals surface area contributed by atoms with Crippen LogP contribution in [0.3, 0.4) is 0 Å². The second kappa shape index (κ2) is 41.8. The van der Waals surface area contributed by atoms with E-state index in [0.29, 0.717) is 19.3 Å². The number of carbonyl (C=O) groups is 3. The van der Waals surface area contributed by atoms with Crippen LogP contribution in [0.1, 0.15) is 239 Å². The summed E-state index contributed by atoms with van der Waals surface area (Å²) < 4.78 is 17.3. The SMILES string of the molecule is CCCCC/C=C\CCCCCCCC(=O)OC(COCCC(C(=O)O)[N+](C)(C)C)COC(=O)CCCCCCCCCCCCCCCCCCCCCCCC. The normalized spacial score (nSPS) is 12.9. The van der Waals surface area contributed by atoms with Gasteiger partial charge in [0.1, 0.15) is 6.61 Å². The van der Waals surface area contributed by atoms with Crippen molar-refractivity contribution in [2.24, 2.45) is 0 Å². The number of allylic oxidation sites excluding steroid dienone is 2. The minimum absolute atomic E-state index is 0.0481. The molecule has 0 saturated heterocycles. The van der Waals surface area contributed by atoms with Gasteiger partial charge < -0.3 is 23.8 Å². The summed E-state index contributed by atoms with van der Waals surface area (Å²) in [7, 11) is 5.54. The topological polar surface area (TPSA) is 99.1 Å². The number of unbranched alkanes of at least 4 members (excludes halogenated alkanes) is 29. The highest BCUT2D eigenvalue weighted by Crippen LogP contribution is 2.16. The molecule has 0 aromatic rings. The van der Waals surface area contributed by atoms with E-state index in [9.17, 15) is 19.5 Å². The summed E-state index contributed by atoms with van der Waals surface area (Å²) >= 11 is 0. The third kappa shape index (κ3) is 39.5. The molecule has 0 aliphatic heterocycles. The minimum Gasteiger partial charge on any atom is -0.477 e. The quantitative estimate of drug-likeness (QED) is 0.0283. The number of hydrogen-bond donors (Lipinski definition) is 1. The molecule has 2 unspecified atom stereocenters. The number of carboxylic acids is 1. The van der Waals surface area contributed by atoms with Gasteiger partial charge in [-0.15, -0.1) is 0 Å². The molecular formula is C50H96NO7+. The van der Waals surface area contributed by atoms with Crippen LogP contribution in [0.25, 0.3) is 0 Å². The maximum atomic E-state index is 12.7. The second-order valence-corrected chi connectivity index (χ2v) is 18.1. The van der Waals surface area contributed by atoms with Crippen LogP contribution in [-0.4, -0.2) is 80.6 Å². The fourth-order valence-corrected chi connectivity index (χ4v) is 7.56. The zero-order valence-corrected chi connectivity index (χ0v) is 39.0. The third-order valence-corrected chi connectivity index (χ3v) is 11.4. The molecule has 0 aliphatic rings. The summed E-state index contributed by atoms with van der Waals surface area (Å²) in [5, 5.41) is 9.63. The number of quaternary nitrogens is 1. The molecule has 0 fully saturated rings. The second-order valence-electron chi connectivity index (χ2n) is 18.1. The van der Waals surface area contributed by atoms with Gasteiger partial charge in [0.05, 0.1) is 34.4 Å². The van der Waals surface area contributed by atoms with E-state index in [-0.39, 0.29) is 36.2 Å². The van der Waals surface area contributed by atoms with E-state index in [0.717, 1.165) is 51.4 Å². The first kappa shape index (κ1) is 56.1. The fraction of sp³-hybridized carbons (Fsp3) is 0.900. The van der Waals surface area contributed by atoms with E-state index in [2.05, 4.69) is 26.0 Å². The van der Waals surface area contributed by atoms with Gasteiger partial charge >= 0.3 is 17.9 Å².